The van der Waals surface area contributed by atoms with Crippen molar-refractivity contribution >= 4 is 0 Å². The van der Waals surface area contributed by atoms with Crippen LogP contribution in [0, 0.1) is 0 Å². The summed E-state index contributed by atoms with van der Waals surface area (Å²) in [5, 5.41) is 0. The van der Waals surface area contributed by atoms with E-state index in [4.69, 9.17) is 11.5 Å². The summed E-state index contributed by atoms with van der Waals surface area (Å²) in [6.07, 6.45) is 2.50. The van der Waals surface area contributed by atoms with Gasteiger partial charge in [0.15, 0.2) is 0 Å². The summed E-state index contributed by atoms with van der Waals surface area (Å²) in [6, 6.07) is 0. The maximum absolute atomic E-state index is 4.85. The Bertz CT molecular complexity index is 15.8. The monoisotopic (exact) mass is 178 g/mol. The van der Waals surface area contributed by atoms with Crippen molar-refractivity contribution in [2.24, 2.45) is 11.5 Å². The first-order valence-corrected chi connectivity index (χ1v) is 5.06. The highest BCUT2D eigenvalue weighted by Crippen LogP contribution is 1.56. The second kappa shape index (κ2) is 69.9. The van der Waals surface area contributed by atoms with E-state index in [9.17, 15) is 0 Å². The van der Waals surface area contributed by atoms with Crippen molar-refractivity contribution in [1.82, 2.24) is 0 Å². The molecule has 0 rings (SSSR count). The van der Waals surface area contributed by atoms with Gasteiger partial charge in [0, 0.05) is 0 Å². The minimum Gasteiger partial charge on any atom is -0.331 e. The van der Waals surface area contributed by atoms with Gasteiger partial charge in [-0.25, -0.2) is 0 Å². The van der Waals surface area contributed by atoms with Crippen LogP contribution < -0.4 is 11.5 Å². The number of rotatable bonds is 0. The van der Waals surface area contributed by atoms with Gasteiger partial charge in [0.2, 0.25) is 0 Å². The average Bonchev–Trinajstić information content (AvgIpc) is 1.92. The van der Waals surface area contributed by atoms with E-state index in [1.165, 1.54) is 12.8 Å². The molecular weight excluding hydrogens is 148 g/mol. The average molecular weight is 178 g/mol. The summed E-state index contributed by atoms with van der Waals surface area (Å²) in [5.74, 6) is 0. The van der Waals surface area contributed by atoms with E-state index >= 15 is 0 Å². The Morgan fingerprint density at radius 2 is 0.583 bits per heavy atom. The Balaban J connectivity index is -0.0000000356. The summed E-state index contributed by atoms with van der Waals surface area (Å²) in [7, 11) is 0. The van der Waals surface area contributed by atoms with E-state index in [2.05, 4.69) is 27.7 Å². The standard InChI is InChI=1S/2C3H8.2C2H7N/c2*1-3-2;2*1-2-3/h2*3H2,1-2H3;2*2-3H2,1H3. The number of hydrogen-bond acceptors (Lipinski definition) is 2. The highest BCUT2D eigenvalue weighted by molar-refractivity contribution is 4.00. The van der Waals surface area contributed by atoms with Crippen LogP contribution in [0.2, 0.25) is 0 Å². The van der Waals surface area contributed by atoms with E-state index < -0.39 is 0 Å². The van der Waals surface area contributed by atoms with Crippen molar-refractivity contribution < 1.29 is 0 Å². The largest absolute Gasteiger partial charge is 0.331 e. The van der Waals surface area contributed by atoms with Gasteiger partial charge in [-0.2, -0.15) is 0 Å². The van der Waals surface area contributed by atoms with E-state index in [0.29, 0.717) is 0 Å². The van der Waals surface area contributed by atoms with Gasteiger partial charge in [0.1, 0.15) is 0 Å². The van der Waals surface area contributed by atoms with Crippen molar-refractivity contribution in [2.75, 3.05) is 13.1 Å². The van der Waals surface area contributed by atoms with Crippen LogP contribution in [0.15, 0.2) is 0 Å². The predicted octanol–water partition coefficient (Wildman–Crippen LogP) is 2.76. The molecule has 0 aromatic heterocycles. The molecule has 0 spiro atoms. The lowest BCUT2D eigenvalue weighted by Gasteiger charge is -1.53. The smallest absolute Gasteiger partial charge is 0.0106 e. The third-order valence-corrected chi connectivity index (χ3v) is 0. The lowest BCUT2D eigenvalue weighted by molar-refractivity contribution is 1.09. The van der Waals surface area contributed by atoms with Gasteiger partial charge in [-0.15, -0.1) is 0 Å². The van der Waals surface area contributed by atoms with E-state index in [0.717, 1.165) is 13.1 Å². The Morgan fingerprint density at radius 3 is 0.583 bits per heavy atom. The van der Waals surface area contributed by atoms with Crippen LogP contribution in [0.3, 0.4) is 0 Å². The zero-order chi connectivity index (χ0) is 10.8. The zero-order valence-corrected chi connectivity index (χ0v) is 9.98. The molecule has 0 amide bonds. The van der Waals surface area contributed by atoms with Gasteiger partial charge < -0.3 is 11.5 Å². The van der Waals surface area contributed by atoms with Crippen LogP contribution in [-0.2, 0) is 0 Å². The molecule has 0 fully saturated rings. The van der Waals surface area contributed by atoms with E-state index in [1.807, 2.05) is 13.8 Å². The second-order valence-corrected chi connectivity index (χ2v) is 2.23. The molecule has 0 aromatic carbocycles. The summed E-state index contributed by atoms with van der Waals surface area (Å²) >= 11 is 0. The van der Waals surface area contributed by atoms with Crippen molar-refractivity contribution in [3.8, 4) is 0 Å². The molecule has 0 radical (unpaired) electrons. The lowest BCUT2D eigenvalue weighted by Crippen LogP contribution is -1.87. The van der Waals surface area contributed by atoms with Crippen LogP contribution in [0.1, 0.15) is 54.4 Å². The Morgan fingerprint density at radius 1 is 0.583 bits per heavy atom. The fraction of sp³-hybridized carbons (Fsp3) is 1.00. The number of hydrogen-bond donors (Lipinski definition) is 2. The first kappa shape index (κ1) is 22.7. The Labute approximate surface area is 79.7 Å². The zero-order valence-electron chi connectivity index (χ0n) is 9.98. The molecule has 0 bridgehead atoms. The van der Waals surface area contributed by atoms with Crippen molar-refractivity contribution in [2.45, 2.75) is 54.4 Å². The van der Waals surface area contributed by atoms with Crippen molar-refractivity contribution in [1.29, 1.82) is 0 Å². The van der Waals surface area contributed by atoms with Gasteiger partial charge in [0.05, 0.1) is 0 Å². The Hall–Kier alpha value is -0.0800. The molecule has 0 atom stereocenters. The molecule has 0 aliphatic rings. The van der Waals surface area contributed by atoms with Gasteiger partial charge in [0.25, 0.3) is 0 Å². The first-order chi connectivity index (χ1) is 5.66. The van der Waals surface area contributed by atoms with E-state index in [-0.39, 0.29) is 0 Å². The SMILES string of the molecule is CCC.CCC.CCN.CCN. The summed E-state index contributed by atoms with van der Waals surface area (Å²) in [4.78, 5) is 0. The highest BCUT2D eigenvalue weighted by atomic mass is 14.5. The molecule has 0 aliphatic heterocycles. The first-order valence-electron chi connectivity index (χ1n) is 5.06. The van der Waals surface area contributed by atoms with Crippen LogP contribution >= 0.6 is 0 Å². The molecule has 0 saturated heterocycles. The van der Waals surface area contributed by atoms with Crippen LogP contribution in [0.25, 0.3) is 0 Å². The molecule has 0 aromatic rings. The minimum atomic E-state index is 0.750. The van der Waals surface area contributed by atoms with Gasteiger partial charge in [-0.05, 0) is 13.1 Å². The maximum atomic E-state index is 4.85. The molecule has 2 heteroatoms. The normalized spacial score (nSPS) is 6.00. The third-order valence-electron chi connectivity index (χ3n) is 0. The molecule has 0 aliphatic carbocycles. The minimum absolute atomic E-state index is 0.750. The van der Waals surface area contributed by atoms with Gasteiger partial charge in [-0.3, -0.25) is 0 Å². The molecule has 0 heterocycles. The number of nitrogens with two attached hydrogens (primary N) is 2. The summed E-state index contributed by atoms with van der Waals surface area (Å²) < 4.78 is 0. The van der Waals surface area contributed by atoms with Crippen molar-refractivity contribution in [3.63, 3.8) is 0 Å². The van der Waals surface area contributed by atoms with Crippen LogP contribution in [-0.4, -0.2) is 13.1 Å². The molecule has 0 unspecified atom stereocenters. The highest BCUT2D eigenvalue weighted by Gasteiger charge is 1.36. The van der Waals surface area contributed by atoms with Crippen molar-refractivity contribution in [3.05, 3.63) is 0 Å². The molecule has 2 nitrogen and oxygen atoms in total. The second-order valence-electron chi connectivity index (χ2n) is 2.23. The van der Waals surface area contributed by atoms with E-state index in [1.54, 1.807) is 0 Å². The molecule has 0 saturated carbocycles. The predicted molar refractivity (Wildman–Crippen MR) is 61.4 cm³/mol. The molecular formula is C10H30N2. The third kappa shape index (κ3) is 123000. The quantitative estimate of drug-likeness (QED) is 0.599. The lowest BCUT2D eigenvalue weighted by atomic mass is 10.6. The Kier molecular flexibility index (Phi) is 132. The maximum Gasteiger partial charge on any atom is -0.0106 e. The van der Waals surface area contributed by atoms with Crippen LogP contribution in [0.4, 0.5) is 0 Å². The molecule has 80 valence electrons. The fourth-order valence-corrected chi connectivity index (χ4v) is 0. The van der Waals surface area contributed by atoms with Crippen LogP contribution in [0.5, 0.6) is 0 Å². The summed E-state index contributed by atoms with van der Waals surface area (Å²) in [5.41, 5.74) is 9.69. The summed E-state index contributed by atoms with van der Waals surface area (Å²) in [6.45, 7) is 13.8. The molecule has 12 heavy (non-hydrogen) atoms. The van der Waals surface area contributed by atoms with Gasteiger partial charge in [-0.1, -0.05) is 54.4 Å². The topological polar surface area (TPSA) is 52.0 Å². The fourth-order valence-electron chi connectivity index (χ4n) is 0. The molecule has 4 N–H and O–H groups in total. The van der Waals surface area contributed by atoms with Gasteiger partial charge >= 0.3 is 0 Å².